The first-order chi connectivity index (χ1) is 10.2. The molecule has 0 fully saturated rings. The highest BCUT2D eigenvalue weighted by molar-refractivity contribution is 5.52. The van der Waals surface area contributed by atoms with E-state index in [4.69, 9.17) is 5.84 Å². The van der Waals surface area contributed by atoms with Crippen molar-refractivity contribution in [1.29, 1.82) is 0 Å². The second-order valence-corrected chi connectivity index (χ2v) is 5.06. The summed E-state index contributed by atoms with van der Waals surface area (Å²) in [6, 6.07) is 18.3. The van der Waals surface area contributed by atoms with Crippen molar-refractivity contribution < 1.29 is 13.8 Å². The van der Waals surface area contributed by atoms with Crippen LogP contribution in [-0.4, -0.2) is 0 Å². The van der Waals surface area contributed by atoms with Crippen LogP contribution in [0, 0.1) is 0 Å². The molecular weight excluding hydrogens is 260 g/mol. The van der Waals surface area contributed by atoms with Crippen molar-refractivity contribution in [2.24, 2.45) is 14.1 Å². The van der Waals surface area contributed by atoms with Crippen LogP contribution in [0.3, 0.4) is 0 Å². The molecule has 3 aromatic heterocycles. The molecule has 0 radical (unpaired) electrons. The predicted molar refractivity (Wildman–Crippen MR) is 80.0 cm³/mol. The molecule has 0 spiro atoms. The van der Waals surface area contributed by atoms with E-state index in [1.807, 2.05) is 69.0 Å². The third-order valence-corrected chi connectivity index (χ3v) is 3.66. The fraction of sp³-hybridized carbons (Fsp3) is 0.118. The number of nitrogen functional groups attached to an aromatic ring is 1. The Morgan fingerprint density at radius 2 is 1.05 bits per heavy atom. The van der Waals surface area contributed by atoms with Crippen LogP contribution in [0.5, 0.6) is 0 Å². The number of hydrogen-bond acceptors (Lipinski definition) is 1. The minimum Gasteiger partial charge on any atom is -0.204 e. The molecule has 0 aliphatic carbocycles. The van der Waals surface area contributed by atoms with Crippen molar-refractivity contribution in [1.82, 2.24) is 0 Å². The average Bonchev–Trinajstić information content (AvgIpc) is 2.49. The van der Waals surface area contributed by atoms with Crippen molar-refractivity contribution in [2.75, 3.05) is 5.84 Å². The maximum atomic E-state index is 6.38. The first kappa shape index (κ1) is 13.2. The highest BCUT2D eigenvalue weighted by Gasteiger charge is 2.27. The van der Waals surface area contributed by atoms with Gasteiger partial charge in [0.2, 0.25) is 0 Å². The Kier molecular flexibility index (Phi) is 3.36. The van der Waals surface area contributed by atoms with Crippen molar-refractivity contribution in [3.8, 4) is 22.8 Å². The van der Waals surface area contributed by atoms with Crippen molar-refractivity contribution >= 4 is 0 Å². The van der Waals surface area contributed by atoms with Crippen LogP contribution >= 0.6 is 0 Å². The van der Waals surface area contributed by atoms with Crippen LogP contribution in [0.15, 0.2) is 67.0 Å². The molecule has 0 bridgehead atoms. The maximum Gasteiger partial charge on any atom is 0.306 e. The van der Waals surface area contributed by atoms with Gasteiger partial charge < -0.3 is 0 Å². The van der Waals surface area contributed by atoms with Crippen molar-refractivity contribution in [3.05, 3.63) is 67.0 Å². The Morgan fingerprint density at radius 1 is 0.619 bits per heavy atom. The predicted octanol–water partition coefficient (Wildman–Crippen LogP) is 0.671. The van der Waals surface area contributed by atoms with E-state index in [0.29, 0.717) is 0 Å². The Morgan fingerprint density at radius 3 is 1.48 bits per heavy atom. The van der Waals surface area contributed by atoms with Gasteiger partial charge in [-0.05, 0) is 18.2 Å². The van der Waals surface area contributed by atoms with Crippen molar-refractivity contribution in [2.45, 2.75) is 0 Å². The Bertz CT molecular complexity index is 733. The Hall–Kier alpha value is -2.75. The van der Waals surface area contributed by atoms with Crippen LogP contribution in [0.25, 0.3) is 22.8 Å². The summed E-state index contributed by atoms with van der Waals surface area (Å²) in [5.74, 6) is 6.38. The van der Waals surface area contributed by atoms with Crippen LogP contribution < -0.4 is 19.7 Å². The summed E-state index contributed by atoms with van der Waals surface area (Å²) >= 11 is 0. The molecule has 4 heteroatoms. The number of pyridine rings is 3. The lowest BCUT2D eigenvalue weighted by molar-refractivity contribution is -0.686. The summed E-state index contributed by atoms with van der Waals surface area (Å²) in [7, 11) is 4.04. The molecule has 3 heterocycles. The van der Waals surface area contributed by atoms with Crippen LogP contribution in [-0.2, 0) is 14.1 Å². The van der Waals surface area contributed by atoms with E-state index in [1.165, 1.54) is 0 Å². The monoisotopic (exact) mass is 279 g/mol. The molecule has 0 unspecified atom stereocenters. The largest absolute Gasteiger partial charge is 0.306 e. The van der Waals surface area contributed by atoms with Gasteiger partial charge in [0, 0.05) is 36.4 Å². The summed E-state index contributed by atoms with van der Waals surface area (Å²) in [5.41, 5.74) is 4.08. The molecule has 104 valence electrons. The van der Waals surface area contributed by atoms with Gasteiger partial charge in [0.05, 0.1) is 0 Å². The smallest absolute Gasteiger partial charge is 0.204 e. The first-order valence-electron chi connectivity index (χ1n) is 6.88. The van der Waals surface area contributed by atoms with Gasteiger partial charge >= 0.3 is 11.4 Å². The topological polar surface area (TPSA) is 37.7 Å². The van der Waals surface area contributed by atoms with E-state index in [0.717, 1.165) is 22.8 Å². The van der Waals surface area contributed by atoms with Crippen LogP contribution in [0.1, 0.15) is 0 Å². The minimum atomic E-state index is 0.972. The van der Waals surface area contributed by atoms with Gasteiger partial charge in [0.15, 0.2) is 12.4 Å². The molecule has 0 saturated heterocycles. The lowest BCUT2D eigenvalue weighted by Crippen LogP contribution is -2.52. The molecule has 0 saturated carbocycles. The zero-order chi connectivity index (χ0) is 14.8. The number of hydrogen-bond donors (Lipinski definition) is 1. The van der Waals surface area contributed by atoms with E-state index in [9.17, 15) is 0 Å². The Balaban J connectivity index is 2.21. The van der Waals surface area contributed by atoms with Crippen LogP contribution in [0.4, 0.5) is 0 Å². The molecule has 4 nitrogen and oxygen atoms in total. The van der Waals surface area contributed by atoms with Gasteiger partial charge in [0.1, 0.15) is 14.1 Å². The number of rotatable bonds is 2. The van der Waals surface area contributed by atoms with Gasteiger partial charge in [-0.1, -0.05) is 4.68 Å². The quantitative estimate of drug-likeness (QED) is 0.543. The number of aromatic nitrogens is 3. The fourth-order valence-electron chi connectivity index (χ4n) is 2.52. The highest BCUT2D eigenvalue weighted by Crippen LogP contribution is 2.14. The molecule has 0 aliphatic heterocycles. The van der Waals surface area contributed by atoms with Gasteiger partial charge in [-0.3, -0.25) is 0 Å². The lowest BCUT2D eigenvalue weighted by atomic mass is 10.2. The summed E-state index contributed by atoms with van der Waals surface area (Å²) in [4.78, 5) is 0. The SMILES string of the molecule is C[n+]1ccccc1-c1cccc(-c2cccc[n+]2C)[n+]1N. The molecule has 0 atom stereocenters. The number of nitrogens with two attached hydrogens (primary N) is 1. The summed E-state index contributed by atoms with van der Waals surface area (Å²) < 4.78 is 5.87. The summed E-state index contributed by atoms with van der Waals surface area (Å²) in [6.07, 6.45) is 4.04. The normalized spacial score (nSPS) is 10.6. The minimum absolute atomic E-state index is 0.972. The van der Waals surface area contributed by atoms with Crippen LogP contribution in [0.2, 0.25) is 0 Å². The van der Waals surface area contributed by atoms with Gasteiger partial charge in [-0.25, -0.2) is 5.84 Å². The van der Waals surface area contributed by atoms with Gasteiger partial charge in [-0.15, -0.1) is 0 Å². The second-order valence-electron chi connectivity index (χ2n) is 5.06. The molecule has 3 rings (SSSR count). The molecule has 21 heavy (non-hydrogen) atoms. The zero-order valence-corrected chi connectivity index (χ0v) is 12.3. The maximum absolute atomic E-state index is 6.38. The van der Waals surface area contributed by atoms with Gasteiger partial charge in [0.25, 0.3) is 11.4 Å². The zero-order valence-electron chi connectivity index (χ0n) is 12.3. The Labute approximate surface area is 124 Å². The standard InChI is InChI=1S/C17H18N4/c1-19-12-5-3-8-14(19)16-10-7-11-17(21(16)18)15-9-4-6-13-20(15)2/h3-13,18H,1-2H3/q+2/p+1. The summed E-state index contributed by atoms with van der Waals surface area (Å²) in [6.45, 7) is 0. The van der Waals surface area contributed by atoms with E-state index < -0.39 is 0 Å². The third kappa shape index (κ3) is 2.36. The first-order valence-corrected chi connectivity index (χ1v) is 6.88. The lowest BCUT2D eigenvalue weighted by Gasteiger charge is -2.02. The molecular formula is C17H19N4+3. The van der Waals surface area contributed by atoms with Crippen molar-refractivity contribution in [3.63, 3.8) is 0 Å². The molecule has 2 N–H and O–H groups in total. The molecule has 0 aromatic carbocycles. The van der Waals surface area contributed by atoms with Gasteiger partial charge in [-0.2, -0.15) is 9.13 Å². The third-order valence-electron chi connectivity index (χ3n) is 3.66. The highest BCUT2D eigenvalue weighted by atomic mass is 15.3. The molecule has 0 amide bonds. The second kappa shape index (κ2) is 5.32. The van der Waals surface area contributed by atoms with E-state index >= 15 is 0 Å². The van der Waals surface area contributed by atoms with E-state index in [2.05, 4.69) is 21.3 Å². The van der Waals surface area contributed by atoms with E-state index in [1.54, 1.807) is 4.68 Å². The fourth-order valence-corrected chi connectivity index (χ4v) is 2.52. The summed E-state index contributed by atoms with van der Waals surface area (Å²) in [5, 5.41) is 0. The number of nitrogens with zero attached hydrogens (tertiary/aromatic N) is 3. The van der Waals surface area contributed by atoms with E-state index in [-0.39, 0.29) is 0 Å². The molecule has 0 aliphatic rings. The molecule has 3 aromatic rings. The number of aryl methyl sites for hydroxylation is 2. The average molecular weight is 279 g/mol.